The summed E-state index contributed by atoms with van der Waals surface area (Å²) in [5.41, 5.74) is -1.96. The highest BCUT2D eigenvalue weighted by molar-refractivity contribution is 6.48. The van der Waals surface area contributed by atoms with Crippen LogP contribution in [0.25, 0.3) is 0 Å². The van der Waals surface area contributed by atoms with Crippen LogP contribution in [0.4, 0.5) is 22.0 Å². The van der Waals surface area contributed by atoms with Crippen molar-refractivity contribution in [2.24, 2.45) is 0 Å². The summed E-state index contributed by atoms with van der Waals surface area (Å²) in [6.45, 7) is 0. The smallest absolute Gasteiger partial charge is 0.203 e. The lowest BCUT2D eigenvalue weighted by Crippen LogP contribution is -2.11. The Morgan fingerprint density at radius 2 is 1.20 bits per heavy atom. The second kappa shape index (κ2) is 3.96. The van der Waals surface area contributed by atoms with E-state index in [0.29, 0.717) is 0 Å². The topological polar surface area (TPSA) is 0 Å². The van der Waals surface area contributed by atoms with Crippen LogP contribution in [0.2, 0.25) is 15.1 Å². The minimum absolute atomic E-state index is 0.871. The Labute approximate surface area is 95.5 Å². The van der Waals surface area contributed by atoms with E-state index in [2.05, 4.69) is 0 Å². The summed E-state index contributed by atoms with van der Waals surface area (Å²) in [4.78, 5) is 0. The molecule has 0 aliphatic rings. The van der Waals surface area contributed by atoms with Crippen molar-refractivity contribution in [3.8, 4) is 0 Å². The minimum atomic E-state index is -5.14. The summed E-state index contributed by atoms with van der Waals surface area (Å²) >= 11 is 15.4. The van der Waals surface area contributed by atoms with Gasteiger partial charge in [-0.05, 0) is 0 Å². The minimum Gasteiger partial charge on any atom is -0.203 e. The quantitative estimate of drug-likeness (QED) is 0.360. The third-order valence-electron chi connectivity index (χ3n) is 1.49. The summed E-state index contributed by atoms with van der Waals surface area (Å²) < 4.78 is 62.3. The molecule has 0 spiro atoms. The monoisotopic (exact) mass is 284 g/mol. The lowest BCUT2D eigenvalue weighted by molar-refractivity contribution is -0.140. The average molecular weight is 285 g/mol. The number of alkyl halides is 3. The van der Waals surface area contributed by atoms with Crippen molar-refractivity contribution in [3.05, 3.63) is 32.3 Å². The average Bonchev–Trinajstić information content (AvgIpc) is 2.09. The largest absolute Gasteiger partial charge is 0.420 e. The Kier molecular flexibility index (Phi) is 3.38. The molecule has 0 aliphatic carbocycles. The van der Waals surface area contributed by atoms with E-state index in [4.69, 9.17) is 34.8 Å². The van der Waals surface area contributed by atoms with E-state index in [1.807, 2.05) is 0 Å². The second-order valence-corrected chi connectivity index (χ2v) is 3.58. The van der Waals surface area contributed by atoms with Gasteiger partial charge in [0.05, 0.1) is 15.1 Å². The molecule has 1 rings (SSSR count). The summed E-state index contributed by atoms with van der Waals surface area (Å²) in [6, 6.07) is 0. The highest BCUT2D eigenvalue weighted by atomic mass is 35.5. The van der Waals surface area contributed by atoms with Crippen molar-refractivity contribution in [3.63, 3.8) is 0 Å². The fourth-order valence-electron chi connectivity index (χ4n) is 0.854. The predicted octanol–water partition coefficient (Wildman–Crippen LogP) is 4.94. The lowest BCUT2D eigenvalue weighted by Gasteiger charge is -2.12. The molecule has 0 amide bonds. The standard InChI is InChI=1S/C7Cl3F5/c8-2-1(7(13,14)15)5(11)6(12)4(10)3(2)9. The molecule has 0 bridgehead atoms. The maximum Gasteiger partial charge on any atom is 0.420 e. The normalized spacial score (nSPS) is 12.0. The number of halogens is 8. The molecule has 15 heavy (non-hydrogen) atoms. The SMILES string of the molecule is Fc1c(F)c(C(F)(F)F)c(Cl)c(Cl)c1Cl. The Morgan fingerprint density at radius 1 is 0.733 bits per heavy atom. The van der Waals surface area contributed by atoms with Crippen molar-refractivity contribution in [1.29, 1.82) is 0 Å². The van der Waals surface area contributed by atoms with Crippen LogP contribution in [0, 0.1) is 11.6 Å². The molecule has 0 atom stereocenters. The molecule has 0 radical (unpaired) electrons. The zero-order valence-corrected chi connectivity index (χ0v) is 8.79. The Hall–Kier alpha value is -0.260. The van der Waals surface area contributed by atoms with Gasteiger partial charge in [0.1, 0.15) is 5.56 Å². The van der Waals surface area contributed by atoms with Gasteiger partial charge in [0.2, 0.25) is 0 Å². The molecular formula is C7Cl3F5. The van der Waals surface area contributed by atoms with Crippen molar-refractivity contribution in [2.45, 2.75) is 6.18 Å². The molecule has 0 aromatic heterocycles. The molecule has 0 heterocycles. The maximum absolute atomic E-state index is 12.9. The number of rotatable bonds is 0. The molecule has 1 aromatic rings. The summed E-state index contributed by atoms with van der Waals surface area (Å²) in [7, 11) is 0. The first-order valence-corrected chi connectivity index (χ1v) is 4.40. The van der Waals surface area contributed by atoms with Crippen molar-refractivity contribution >= 4 is 34.8 Å². The molecule has 0 unspecified atom stereocenters. The Morgan fingerprint density at radius 3 is 1.60 bits per heavy atom. The number of hydrogen-bond acceptors (Lipinski definition) is 0. The fourth-order valence-corrected chi connectivity index (χ4v) is 1.54. The molecule has 0 N–H and O–H groups in total. The van der Waals surface area contributed by atoms with Gasteiger partial charge in [-0.15, -0.1) is 0 Å². The van der Waals surface area contributed by atoms with Gasteiger partial charge >= 0.3 is 6.18 Å². The van der Waals surface area contributed by atoms with Crippen LogP contribution < -0.4 is 0 Å². The predicted molar refractivity (Wildman–Crippen MR) is 46.4 cm³/mol. The Balaban J connectivity index is 3.68. The van der Waals surface area contributed by atoms with Gasteiger partial charge in [-0.1, -0.05) is 34.8 Å². The molecular weight excluding hydrogens is 285 g/mol. The van der Waals surface area contributed by atoms with Crippen molar-refractivity contribution < 1.29 is 22.0 Å². The van der Waals surface area contributed by atoms with Crippen LogP contribution >= 0.6 is 34.8 Å². The molecule has 0 fully saturated rings. The molecule has 0 nitrogen and oxygen atoms in total. The van der Waals surface area contributed by atoms with Crippen LogP contribution in [-0.2, 0) is 6.18 Å². The van der Waals surface area contributed by atoms with E-state index in [9.17, 15) is 22.0 Å². The van der Waals surface area contributed by atoms with Crippen LogP contribution in [0.3, 0.4) is 0 Å². The lowest BCUT2D eigenvalue weighted by atomic mass is 10.2. The van der Waals surface area contributed by atoms with Crippen LogP contribution in [0.15, 0.2) is 0 Å². The van der Waals surface area contributed by atoms with E-state index in [-0.39, 0.29) is 0 Å². The molecule has 0 saturated heterocycles. The van der Waals surface area contributed by atoms with Crippen LogP contribution in [-0.4, -0.2) is 0 Å². The van der Waals surface area contributed by atoms with E-state index in [0.717, 1.165) is 0 Å². The molecule has 0 aliphatic heterocycles. The van der Waals surface area contributed by atoms with Gasteiger partial charge in [-0.3, -0.25) is 0 Å². The van der Waals surface area contributed by atoms with Crippen LogP contribution in [0.1, 0.15) is 5.56 Å². The fraction of sp³-hybridized carbons (Fsp3) is 0.143. The van der Waals surface area contributed by atoms with E-state index < -0.39 is 38.4 Å². The van der Waals surface area contributed by atoms with E-state index in [1.165, 1.54) is 0 Å². The maximum atomic E-state index is 12.9. The second-order valence-electron chi connectivity index (χ2n) is 2.44. The zero-order chi connectivity index (χ0) is 12.0. The van der Waals surface area contributed by atoms with Crippen molar-refractivity contribution in [2.75, 3.05) is 0 Å². The summed E-state index contributed by atoms with van der Waals surface area (Å²) in [6.07, 6.45) is -5.14. The van der Waals surface area contributed by atoms with Crippen molar-refractivity contribution in [1.82, 2.24) is 0 Å². The molecule has 84 valence electrons. The van der Waals surface area contributed by atoms with E-state index >= 15 is 0 Å². The first kappa shape index (κ1) is 12.8. The zero-order valence-electron chi connectivity index (χ0n) is 6.52. The highest BCUT2D eigenvalue weighted by Crippen LogP contribution is 2.44. The first-order valence-electron chi connectivity index (χ1n) is 3.26. The molecule has 0 saturated carbocycles. The van der Waals surface area contributed by atoms with E-state index in [1.54, 1.807) is 0 Å². The number of benzene rings is 1. The summed E-state index contributed by atoms with van der Waals surface area (Å²) in [5.74, 6) is -4.04. The van der Waals surface area contributed by atoms with Gasteiger partial charge in [0.15, 0.2) is 11.6 Å². The Bertz CT molecular complexity index is 383. The van der Waals surface area contributed by atoms with Gasteiger partial charge in [-0.2, -0.15) is 13.2 Å². The molecule has 1 aromatic carbocycles. The van der Waals surface area contributed by atoms with Crippen LogP contribution in [0.5, 0.6) is 0 Å². The van der Waals surface area contributed by atoms with Gasteiger partial charge in [0, 0.05) is 0 Å². The number of hydrogen-bond donors (Lipinski definition) is 0. The molecule has 8 heteroatoms. The third kappa shape index (κ3) is 2.14. The first-order chi connectivity index (χ1) is 6.68. The highest BCUT2D eigenvalue weighted by Gasteiger charge is 2.40. The van der Waals surface area contributed by atoms with Gasteiger partial charge in [0.25, 0.3) is 0 Å². The summed E-state index contributed by atoms with van der Waals surface area (Å²) in [5, 5.41) is -3.01. The van der Waals surface area contributed by atoms with Gasteiger partial charge < -0.3 is 0 Å². The third-order valence-corrected chi connectivity index (χ3v) is 2.80. The van der Waals surface area contributed by atoms with Gasteiger partial charge in [-0.25, -0.2) is 8.78 Å².